The predicted octanol–water partition coefficient (Wildman–Crippen LogP) is 1.35. The summed E-state index contributed by atoms with van der Waals surface area (Å²) in [6, 6.07) is 0. The quantitative estimate of drug-likeness (QED) is 0.780. The smallest absolute Gasteiger partial charge is 0.408 e. The summed E-state index contributed by atoms with van der Waals surface area (Å²) in [5.41, 5.74) is -1.18. The van der Waals surface area contributed by atoms with Crippen molar-refractivity contribution in [2.24, 2.45) is 0 Å². The molecule has 0 fully saturated rings. The molecule has 6 heteroatoms. The molecule has 1 amide bonds. The molecule has 0 aliphatic rings. The molecule has 2 N–H and O–H groups in total. The maximum Gasteiger partial charge on any atom is 0.408 e. The minimum atomic E-state index is -1.14. The lowest BCUT2D eigenvalue weighted by atomic mass is 9.97. The predicted molar refractivity (Wildman–Crippen MR) is 61.4 cm³/mol. The topological polar surface area (TPSA) is 84.1 Å². The van der Waals surface area contributed by atoms with Gasteiger partial charge in [0.15, 0.2) is 0 Å². The molecule has 1 atom stereocenters. The van der Waals surface area contributed by atoms with Crippen LogP contribution in [0.4, 0.5) is 4.79 Å². The van der Waals surface area contributed by atoms with Crippen LogP contribution in [0.5, 0.6) is 0 Å². The average molecular weight is 239 g/mol. The number of rotatable bonds is 3. The number of aromatic nitrogens is 2. The minimum Gasteiger partial charge on any atom is -0.444 e. The van der Waals surface area contributed by atoms with Crippen molar-refractivity contribution in [3.8, 4) is 0 Å². The van der Waals surface area contributed by atoms with Gasteiger partial charge in [-0.15, -0.1) is 0 Å². The Hall–Kier alpha value is -1.85. The summed E-state index contributed by atoms with van der Waals surface area (Å²) >= 11 is 0. The molecule has 1 aromatic heterocycles. The summed E-state index contributed by atoms with van der Waals surface area (Å²) in [7, 11) is 0. The monoisotopic (exact) mass is 239 g/mol. The molecule has 0 saturated carbocycles. The lowest BCUT2D eigenvalue weighted by Crippen LogP contribution is -2.46. The molecular weight excluding hydrogens is 222 g/mol. The number of H-pyrrole nitrogens is 1. The number of carbonyl (C=O) groups is 2. The van der Waals surface area contributed by atoms with Gasteiger partial charge in [0.05, 0.1) is 6.20 Å². The Morgan fingerprint density at radius 3 is 2.53 bits per heavy atom. The fourth-order valence-electron chi connectivity index (χ4n) is 1.22. The van der Waals surface area contributed by atoms with E-state index in [0.717, 1.165) is 0 Å². The van der Waals surface area contributed by atoms with Gasteiger partial charge in [0, 0.05) is 11.8 Å². The van der Waals surface area contributed by atoms with Gasteiger partial charge in [-0.25, -0.2) is 4.79 Å². The van der Waals surface area contributed by atoms with Crippen LogP contribution >= 0.6 is 0 Å². The van der Waals surface area contributed by atoms with Crippen molar-refractivity contribution in [3.63, 3.8) is 0 Å². The Morgan fingerprint density at radius 2 is 2.12 bits per heavy atom. The van der Waals surface area contributed by atoms with Gasteiger partial charge in [-0.2, -0.15) is 5.10 Å². The second-order valence-electron chi connectivity index (χ2n) is 4.93. The van der Waals surface area contributed by atoms with Crippen LogP contribution in [-0.4, -0.2) is 28.2 Å². The van der Waals surface area contributed by atoms with Crippen LogP contribution in [0.1, 0.15) is 33.3 Å². The Bertz CT molecular complexity index is 395. The number of nitrogens with one attached hydrogen (secondary N) is 2. The first-order valence-electron chi connectivity index (χ1n) is 5.23. The highest BCUT2D eigenvalue weighted by molar-refractivity contribution is 5.77. The minimum absolute atomic E-state index is 0.568. The number of nitrogens with zero attached hydrogens (tertiary/aromatic N) is 1. The molecule has 6 nitrogen and oxygen atoms in total. The summed E-state index contributed by atoms with van der Waals surface area (Å²) < 4.78 is 5.09. The van der Waals surface area contributed by atoms with Crippen LogP contribution in [0.25, 0.3) is 0 Å². The lowest BCUT2D eigenvalue weighted by Gasteiger charge is -2.26. The fraction of sp³-hybridized carbons (Fsp3) is 0.545. The van der Waals surface area contributed by atoms with Crippen molar-refractivity contribution in [2.75, 3.05) is 0 Å². The zero-order chi connectivity index (χ0) is 13.1. The zero-order valence-corrected chi connectivity index (χ0v) is 10.4. The van der Waals surface area contributed by atoms with Gasteiger partial charge in [-0.05, 0) is 27.7 Å². The summed E-state index contributed by atoms with van der Waals surface area (Å²) in [5, 5.41) is 8.85. The Labute approximate surface area is 99.7 Å². The zero-order valence-electron chi connectivity index (χ0n) is 10.4. The van der Waals surface area contributed by atoms with E-state index in [2.05, 4.69) is 15.5 Å². The number of alkyl carbamates (subject to hydrolysis) is 1. The van der Waals surface area contributed by atoms with Crippen LogP contribution in [0.3, 0.4) is 0 Å². The largest absolute Gasteiger partial charge is 0.444 e. The molecule has 1 rings (SSSR count). The number of hydrogen-bond donors (Lipinski definition) is 2. The summed E-state index contributed by atoms with van der Waals surface area (Å²) in [5.74, 6) is 0. The first kappa shape index (κ1) is 13.2. The van der Waals surface area contributed by atoms with Crippen molar-refractivity contribution < 1.29 is 14.3 Å². The van der Waals surface area contributed by atoms with Crippen molar-refractivity contribution in [2.45, 2.75) is 38.8 Å². The number of ether oxygens (including phenoxy) is 1. The van der Waals surface area contributed by atoms with Crippen LogP contribution in [0.2, 0.25) is 0 Å². The number of carbonyl (C=O) groups excluding carboxylic acids is 2. The maximum atomic E-state index is 11.6. The first-order valence-corrected chi connectivity index (χ1v) is 5.23. The van der Waals surface area contributed by atoms with E-state index in [4.69, 9.17) is 4.74 Å². The molecule has 1 unspecified atom stereocenters. The Kier molecular flexibility index (Phi) is 3.55. The van der Waals surface area contributed by atoms with Crippen LogP contribution in [0.15, 0.2) is 12.4 Å². The molecule has 0 aliphatic carbocycles. The van der Waals surface area contributed by atoms with E-state index in [1.165, 1.54) is 6.20 Å². The molecule has 0 aliphatic heterocycles. The van der Waals surface area contributed by atoms with Gasteiger partial charge < -0.3 is 14.8 Å². The first-order chi connectivity index (χ1) is 7.77. The molecule has 0 aromatic carbocycles. The second-order valence-corrected chi connectivity index (χ2v) is 4.93. The van der Waals surface area contributed by atoms with Crippen molar-refractivity contribution >= 4 is 12.4 Å². The van der Waals surface area contributed by atoms with Gasteiger partial charge in [0.25, 0.3) is 0 Å². The van der Waals surface area contributed by atoms with Crippen molar-refractivity contribution in [3.05, 3.63) is 18.0 Å². The van der Waals surface area contributed by atoms with Crippen molar-refractivity contribution in [1.82, 2.24) is 15.5 Å². The highest BCUT2D eigenvalue weighted by Crippen LogP contribution is 2.17. The van der Waals surface area contributed by atoms with Gasteiger partial charge in [-0.3, -0.25) is 5.10 Å². The molecule has 17 heavy (non-hydrogen) atoms. The van der Waals surface area contributed by atoms with E-state index in [0.29, 0.717) is 11.8 Å². The SMILES string of the molecule is CC(C)(C)OC(=O)NC(C)(C=O)c1cn[nH]c1. The van der Waals surface area contributed by atoms with E-state index in [1.54, 1.807) is 33.9 Å². The third kappa shape index (κ3) is 3.58. The van der Waals surface area contributed by atoms with Crippen LogP contribution in [-0.2, 0) is 15.1 Å². The molecule has 1 aromatic rings. The average Bonchev–Trinajstić information content (AvgIpc) is 2.67. The fourth-order valence-corrected chi connectivity index (χ4v) is 1.22. The number of hydrogen-bond acceptors (Lipinski definition) is 4. The summed E-state index contributed by atoms with van der Waals surface area (Å²) in [6.07, 6.45) is 3.02. The second kappa shape index (κ2) is 4.57. The van der Waals surface area contributed by atoms with E-state index in [9.17, 15) is 9.59 Å². The van der Waals surface area contributed by atoms with Gasteiger partial charge in [0.1, 0.15) is 17.4 Å². The van der Waals surface area contributed by atoms with E-state index < -0.39 is 17.2 Å². The number of aromatic amines is 1. The third-order valence-corrected chi connectivity index (χ3v) is 2.09. The summed E-state index contributed by atoms with van der Waals surface area (Å²) in [4.78, 5) is 22.7. The van der Waals surface area contributed by atoms with Gasteiger partial charge in [0.2, 0.25) is 0 Å². The number of aldehydes is 1. The molecule has 94 valence electrons. The van der Waals surface area contributed by atoms with Crippen molar-refractivity contribution in [1.29, 1.82) is 0 Å². The van der Waals surface area contributed by atoms with Gasteiger partial charge >= 0.3 is 6.09 Å². The lowest BCUT2D eigenvalue weighted by molar-refractivity contribution is -0.113. The molecular formula is C11H17N3O3. The highest BCUT2D eigenvalue weighted by atomic mass is 16.6. The Morgan fingerprint density at radius 1 is 1.47 bits per heavy atom. The molecule has 0 saturated heterocycles. The standard InChI is InChI=1S/C11H17N3O3/c1-10(2,3)17-9(16)14-11(4,7-15)8-5-12-13-6-8/h5-7H,1-4H3,(H,12,13)(H,14,16). The maximum absolute atomic E-state index is 11.6. The van der Waals surface area contributed by atoms with E-state index >= 15 is 0 Å². The number of amides is 1. The Balaban J connectivity index is 2.77. The van der Waals surface area contributed by atoms with Gasteiger partial charge in [-0.1, -0.05) is 0 Å². The van der Waals surface area contributed by atoms with Crippen LogP contribution < -0.4 is 5.32 Å². The molecule has 0 radical (unpaired) electrons. The van der Waals surface area contributed by atoms with E-state index in [1.807, 2.05) is 0 Å². The third-order valence-electron chi connectivity index (χ3n) is 2.09. The molecule has 0 bridgehead atoms. The highest BCUT2D eigenvalue weighted by Gasteiger charge is 2.31. The summed E-state index contributed by atoms with van der Waals surface area (Å²) in [6.45, 7) is 6.84. The molecule has 0 spiro atoms. The normalized spacial score (nSPS) is 14.8. The molecule has 1 heterocycles. The van der Waals surface area contributed by atoms with E-state index in [-0.39, 0.29) is 0 Å². The van der Waals surface area contributed by atoms with Crippen LogP contribution in [0, 0.1) is 0 Å².